The molecule has 0 aromatic heterocycles. The first kappa shape index (κ1) is 13.7. The van der Waals surface area contributed by atoms with Gasteiger partial charge in [0.15, 0.2) is 0 Å². The Hall–Kier alpha value is 0.270. The monoisotopic (exact) mass is 256 g/mol. The van der Waals surface area contributed by atoms with Crippen molar-refractivity contribution in [2.45, 2.75) is 57.5 Å². The number of thioether (sulfide) groups is 1. The minimum absolute atomic E-state index is 0.482. The third kappa shape index (κ3) is 4.15. The highest BCUT2D eigenvalue weighted by atomic mass is 32.2. The summed E-state index contributed by atoms with van der Waals surface area (Å²) in [7, 11) is 0. The van der Waals surface area contributed by atoms with Crippen LogP contribution >= 0.6 is 11.8 Å². The first-order chi connectivity index (χ1) is 8.29. The van der Waals surface area contributed by atoms with Gasteiger partial charge in [0.25, 0.3) is 0 Å². The summed E-state index contributed by atoms with van der Waals surface area (Å²) < 4.78 is 0. The molecule has 2 fully saturated rings. The fraction of sp³-hybridized carbons (Fsp3) is 1.00. The maximum atomic E-state index is 6.00. The van der Waals surface area contributed by atoms with Crippen molar-refractivity contribution in [2.75, 3.05) is 24.6 Å². The van der Waals surface area contributed by atoms with Gasteiger partial charge in [0, 0.05) is 18.6 Å². The Balaban J connectivity index is 1.78. The van der Waals surface area contributed by atoms with Gasteiger partial charge in [-0.3, -0.25) is 0 Å². The van der Waals surface area contributed by atoms with Crippen molar-refractivity contribution in [1.82, 2.24) is 4.90 Å². The molecule has 1 aliphatic heterocycles. The third-order valence-electron chi connectivity index (χ3n) is 4.41. The first-order valence-electron chi connectivity index (χ1n) is 7.37. The largest absolute Gasteiger partial charge is 0.328 e. The smallest absolute Gasteiger partial charge is 0.00964 e. The van der Waals surface area contributed by atoms with E-state index in [9.17, 15) is 0 Å². The van der Waals surface area contributed by atoms with E-state index in [1.807, 2.05) is 0 Å². The van der Waals surface area contributed by atoms with Gasteiger partial charge in [0.1, 0.15) is 0 Å². The van der Waals surface area contributed by atoms with Gasteiger partial charge in [-0.05, 0) is 62.5 Å². The third-order valence-corrected chi connectivity index (χ3v) is 5.70. The summed E-state index contributed by atoms with van der Waals surface area (Å²) >= 11 is 2.16. The molecule has 17 heavy (non-hydrogen) atoms. The summed E-state index contributed by atoms with van der Waals surface area (Å²) in [5.74, 6) is 3.73. The van der Waals surface area contributed by atoms with Crippen molar-refractivity contribution in [3.8, 4) is 0 Å². The second kappa shape index (κ2) is 7.01. The predicted molar refractivity (Wildman–Crippen MR) is 77.5 cm³/mol. The van der Waals surface area contributed by atoms with E-state index in [2.05, 4.69) is 23.6 Å². The van der Waals surface area contributed by atoms with Gasteiger partial charge >= 0.3 is 0 Å². The first-order valence-corrected chi connectivity index (χ1v) is 8.52. The molecular weight excluding hydrogens is 228 g/mol. The lowest BCUT2D eigenvalue weighted by Crippen LogP contribution is -2.43. The molecule has 0 spiro atoms. The van der Waals surface area contributed by atoms with Crippen LogP contribution in [-0.2, 0) is 0 Å². The summed E-state index contributed by atoms with van der Waals surface area (Å²) in [6.45, 7) is 4.88. The van der Waals surface area contributed by atoms with Crippen LogP contribution in [0, 0.1) is 5.92 Å². The zero-order chi connectivity index (χ0) is 12.1. The molecule has 0 amide bonds. The Morgan fingerprint density at radius 2 is 1.94 bits per heavy atom. The molecule has 1 saturated carbocycles. The minimum atomic E-state index is 0.482. The number of rotatable bonds is 4. The Morgan fingerprint density at radius 1 is 1.18 bits per heavy atom. The van der Waals surface area contributed by atoms with E-state index in [4.69, 9.17) is 5.73 Å². The van der Waals surface area contributed by atoms with Crippen molar-refractivity contribution in [1.29, 1.82) is 0 Å². The van der Waals surface area contributed by atoms with Crippen LogP contribution in [0.5, 0.6) is 0 Å². The molecule has 0 radical (unpaired) electrons. The van der Waals surface area contributed by atoms with Crippen LogP contribution in [0.4, 0.5) is 0 Å². The molecule has 3 heteroatoms. The van der Waals surface area contributed by atoms with Gasteiger partial charge in [0.2, 0.25) is 0 Å². The average molecular weight is 256 g/mol. The summed E-state index contributed by atoms with van der Waals surface area (Å²) in [5, 5.41) is 0. The lowest BCUT2D eigenvalue weighted by atomic mass is 9.90. The number of nitrogens with two attached hydrogens (primary N) is 1. The molecule has 1 unspecified atom stereocenters. The van der Waals surface area contributed by atoms with Gasteiger partial charge in [-0.1, -0.05) is 6.92 Å². The highest BCUT2D eigenvalue weighted by molar-refractivity contribution is 7.99. The molecule has 2 N–H and O–H groups in total. The Morgan fingerprint density at radius 3 is 2.53 bits per heavy atom. The van der Waals surface area contributed by atoms with Crippen LogP contribution < -0.4 is 5.73 Å². The van der Waals surface area contributed by atoms with Crippen LogP contribution in [0.15, 0.2) is 0 Å². The molecule has 2 aliphatic rings. The zero-order valence-electron chi connectivity index (χ0n) is 11.2. The molecule has 2 rings (SSSR count). The van der Waals surface area contributed by atoms with E-state index in [0.29, 0.717) is 6.04 Å². The molecule has 1 heterocycles. The Kier molecular flexibility index (Phi) is 5.64. The van der Waals surface area contributed by atoms with Crippen LogP contribution in [0.2, 0.25) is 0 Å². The SMILES string of the molecule is CCN(CC1CCCSC1)C1CCC(N)CC1. The number of hydrogen-bond acceptors (Lipinski definition) is 3. The van der Waals surface area contributed by atoms with Crippen LogP contribution in [0.3, 0.4) is 0 Å². The van der Waals surface area contributed by atoms with Gasteiger partial charge in [-0.25, -0.2) is 0 Å². The van der Waals surface area contributed by atoms with E-state index in [-0.39, 0.29) is 0 Å². The molecule has 1 aliphatic carbocycles. The average Bonchev–Trinajstić information content (AvgIpc) is 2.38. The van der Waals surface area contributed by atoms with Gasteiger partial charge < -0.3 is 10.6 Å². The topological polar surface area (TPSA) is 29.3 Å². The summed E-state index contributed by atoms with van der Waals surface area (Å²) in [5.41, 5.74) is 6.00. The van der Waals surface area contributed by atoms with E-state index in [1.54, 1.807) is 0 Å². The lowest BCUT2D eigenvalue weighted by Gasteiger charge is -2.38. The van der Waals surface area contributed by atoms with Crippen molar-refractivity contribution in [2.24, 2.45) is 11.7 Å². The quantitative estimate of drug-likeness (QED) is 0.838. The van der Waals surface area contributed by atoms with Crippen LogP contribution in [0.25, 0.3) is 0 Å². The minimum Gasteiger partial charge on any atom is -0.328 e. The maximum Gasteiger partial charge on any atom is 0.00964 e. The summed E-state index contributed by atoms with van der Waals surface area (Å²) in [4.78, 5) is 2.74. The van der Waals surface area contributed by atoms with E-state index < -0.39 is 0 Å². The zero-order valence-corrected chi connectivity index (χ0v) is 12.1. The molecular formula is C14H28N2S. The lowest BCUT2D eigenvalue weighted by molar-refractivity contribution is 0.136. The predicted octanol–water partition coefficient (Wildman–Crippen LogP) is 2.72. The number of nitrogens with zero attached hydrogens (tertiary/aromatic N) is 1. The highest BCUT2D eigenvalue weighted by Gasteiger charge is 2.25. The molecule has 0 bridgehead atoms. The van der Waals surface area contributed by atoms with Crippen LogP contribution in [-0.4, -0.2) is 41.6 Å². The van der Waals surface area contributed by atoms with Crippen molar-refractivity contribution in [3.05, 3.63) is 0 Å². The van der Waals surface area contributed by atoms with Crippen molar-refractivity contribution < 1.29 is 0 Å². The summed E-state index contributed by atoms with van der Waals surface area (Å²) in [6.07, 6.45) is 8.02. The normalized spacial score (nSPS) is 35.1. The van der Waals surface area contributed by atoms with Gasteiger partial charge in [-0.2, -0.15) is 11.8 Å². The Bertz CT molecular complexity index is 208. The van der Waals surface area contributed by atoms with Crippen LogP contribution in [0.1, 0.15) is 45.4 Å². The molecule has 100 valence electrons. The van der Waals surface area contributed by atoms with Gasteiger partial charge in [0.05, 0.1) is 0 Å². The van der Waals surface area contributed by atoms with Crippen molar-refractivity contribution in [3.63, 3.8) is 0 Å². The fourth-order valence-electron chi connectivity index (χ4n) is 3.29. The highest BCUT2D eigenvalue weighted by Crippen LogP contribution is 2.27. The molecule has 0 aromatic rings. The summed E-state index contributed by atoms with van der Waals surface area (Å²) in [6, 6.07) is 1.31. The molecule has 1 saturated heterocycles. The molecule has 2 nitrogen and oxygen atoms in total. The second-order valence-corrected chi connectivity index (χ2v) is 6.89. The standard InChI is InChI=1S/C14H28N2S/c1-2-16(10-12-4-3-9-17-11-12)14-7-5-13(15)6-8-14/h12-14H,2-11,15H2,1H3. The fourth-order valence-corrected chi connectivity index (χ4v) is 4.43. The van der Waals surface area contributed by atoms with Crippen molar-refractivity contribution >= 4 is 11.8 Å². The van der Waals surface area contributed by atoms with Gasteiger partial charge in [-0.15, -0.1) is 0 Å². The molecule has 0 aromatic carbocycles. The van der Waals surface area contributed by atoms with E-state index in [1.165, 1.54) is 63.1 Å². The van der Waals surface area contributed by atoms with E-state index >= 15 is 0 Å². The Labute approximate surface area is 111 Å². The number of hydrogen-bond donors (Lipinski definition) is 1. The molecule has 1 atom stereocenters. The van der Waals surface area contributed by atoms with E-state index in [0.717, 1.165) is 12.0 Å². The maximum absolute atomic E-state index is 6.00. The second-order valence-electron chi connectivity index (χ2n) is 5.74.